The van der Waals surface area contributed by atoms with E-state index in [0.29, 0.717) is 17.4 Å². The Morgan fingerprint density at radius 1 is 1.37 bits per heavy atom. The van der Waals surface area contributed by atoms with Crippen LogP contribution in [0.2, 0.25) is 5.02 Å². The van der Waals surface area contributed by atoms with Crippen molar-refractivity contribution in [1.82, 2.24) is 4.98 Å². The minimum absolute atomic E-state index is 0.267. The first-order valence-electron chi connectivity index (χ1n) is 5.66. The predicted molar refractivity (Wildman–Crippen MR) is 76.8 cm³/mol. The Balaban J connectivity index is 1.78. The standard InChI is InChI=1S/C13H10BrClN2O2/c14-9-4-10(15)13(17-6-9)16-5-8-2-1-3-11-12(8)19-7-18-11/h1-4,6H,5,7H2,(H,16,17). The van der Waals surface area contributed by atoms with Crippen molar-refractivity contribution in [2.24, 2.45) is 0 Å². The van der Waals surface area contributed by atoms with Crippen LogP contribution in [-0.2, 0) is 6.54 Å². The molecule has 2 aromatic rings. The van der Waals surface area contributed by atoms with E-state index in [0.717, 1.165) is 21.5 Å². The van der Waals surface area contributed by atoms with E-state index in [-0.39, 0.29) is 6.79 Å². The van der Waals surface area contributed by atoms with E-state index in [1.54, 1.807) is 12.3 Å². The average Bonchev–Trinajstić information content (AvgIpc) is 2.86. The van der Waals surface area contributed by atoms with Crippen molar-refractivity contribution in [3.63, 3.8) is 0 Å². The highest BCUT2D eigenvalue weighted by Gasteiger charge is 2.17. The van der Waals surface area contributed by atoms with Crippen LogP contribution in [0.15, 0.2) is 34.9 Å². The SMILES string of the molecule is Clc1cc(Br)cnc1NCc1cccc2c1OCO2. The first-order valence-corrected chi connectivity index (χ1v) is 6.83. The summed E-state index contributed by atoms with van der Waals surface area (Å²) in [6.07, 6.45) is 1.70. The lowest BCUT2D eigenvalue weighted by Gasteiger charge is -2.09. The molecule has 1 N–H and O–H groups in total. The Hall–Kier alpha value is -1.46. The molecular formula is C13H10BrClN2O2. The largest absolute Gasteiger partial charge is 0.454 e. The van der Waals surface area contributed by atoms with E-state index in [9.17, 15) is 0 Å². The number of halogens is 2. The third kappa shape index (κ3) is 2.62. The summed E-state index contributed by atoms with van der Waals surface area (Å²) in [7, 11) is 0. The van der Waals surface area contributed by atoms with Crippen LogP contribution < -0.4 is 14.8 Å². The predicted octanol–water partition coefficient (Wildman–Crippen LogP) is 3.84. The van der Waals surface area contributed by atoms with E-state index in [4.69, 9.17) is 21.1 Å². The number of hydrogen-bond donors (Lipinski definition) is 1. The molecule has 1 aliphatic heterocycles. The van der Waals surface area contributed by atoms with Gasteiger partial charge in [-0.3, -0.25) is 0 Å². The molecule has 2 heterocycles. The first-order chi connectivity index (χ1) is 9.24. The summed E-state index contributed by atoms with van der Waals surface area (Å²) in [6.45, 7) is 0.838. The highest BCUT2D eigenvalue weighted by molar-refractivity contribution is 9.10. The number of nitrogens with zero attached hydrogens (tertiary/aromatic N) is 1. The quantitative estimate of drug-likeness (QED) is 0.921. The van der Waals surface area contributed by atoms with Crippen molar-refractivity contribution in [1.29, 1.82) is 0 Å². The summed E-state index contributed by atoms with van der Waals surface area (Å²) in [5.74, 6) is 2.19. The summed E-state index contributed by atoms with van der Waals surface area (Å²) in [5.41, 5.74) is 1.01. The molecule has 1 aromatic carbocycles. The van der Waals surface area contributed by atoms with Crippen LogP contribution >= 0.6 is 27.5 Å². The van der Waals surface area contributed by atoms with Gasteiger partial charge in [0, 0.05) is 22.8 Å². The number of ether oxygens (including phenoxy) is 2. The minimum atomic E-state index is 0.267. The molecule has 0 amide bonds. The highest BCUT2D eigenvalue weighted by atomic mass is 79.9. The number of hydrogen-bond acceptors (Lipinski definition) is 4. The summed E-state index contributed by atoms with van der Waals surface area (Å²) in [4.78, 5) is 4.22. The zero-order valence-corrected chi connectivity index (χ0v) is 12.2. The molecular weight excluding hydrogens is 332 g/mol. The summed E-state index contributed by atoms with van der Waals surface area (Å²) in [6, 6.07) is 7.59. The van der Waals surface area contributed by atoms with Crippen LogP contribution in [0.5, 0.6) is 11.5 Å². The van der Waals surface area contributed by atoms with Gasteiger partial charge in [0.1, 0.15) is 5.82 Å². The molecule has 3 rings (SSSR count). The minimum Gasteiger partial charge on any atom is -0.454 e. The molecule has 0 fully saturated rings. The van der Waals surface area contributed by atoms with Crippen molar-refractivity contribution in [3.8, 4) is 11.5 Å². The van der Waals surface area contributed by atoms with Gasteiger partial charge in [-0.25, -0.2) is 4.98 Å². The van der Waals surface area contributed by atoms with Gasteiger partial charge in [0.15, 0.2) is 11.5 Å². The van der Waals surface area contributed by atoms with Crippen LogP contribution in [-0.4, -0.2) is 11.8 Å². The van der Waals surface area contributed by atoms with E-state index in [2.05, 4.69) is 26.2 Å². The lowest BCUT2D eigenvalue weighted by molar-refractivity contribution is 0.173. The molecule has 6 heteroatoms. The maximum absolute atomic E-state index is 6.10. The van der Waals surface area contributed by atoms with Crippen LogP contribution in [0.25, 0.3) is 0 Å². The number of benzene rings is 1. The van der Waals surface area contributed by atoms with Gasteiger partial charge in [0.05, 0.1) is 5.02 Å². The maximum Gasteiger partial charge on any atom is 0.231 e. The molecule has 0 saturated carbocycles. The van der Waals surface area contributed by atoms with Crippen LogP contribution in [0, 0.1) is 0 Å². The van der Waals surface area contributed by atoms with Crippen LogP contribution in [0.4, 0.5) is 5.82 Å². The molecule has 0 unspecified atom stereocenters. The number of aromatic nitrogens is 1. The normalized spacial score (nSPS) is 12.5. The van der Waals surface area contributed by atoms with Gasteiger partial charge in [-0.2, -0.15) is 0 Å². The molecule has 4 nitrogen and oxygen atoms in total. The van der Waals surface area contributed by atoms with E-state index >= 15 is 0 Å². The van der Waals surface area contributed by atoms with Gasteiger partial charge in [0.25, 0.3) is 0 Å². The van der Waals surface area contributed by atoms with Crippen LogP contribution in [0.1, 0.15) is 5.56 Å². The second kappa shape index (κ2) is 5.27. The van der Waals surface area contributed by atoms with Crippen molar-refractivity contribution >= 4 is 33.3 Å². The fourth-order valence-electron chi connectivity index (χ4n) is 1.85. The van der Waals surface area contributed by atoms with Gasteiger partial charge in [-0.05, 0) is 28.1 Å². The Kier molecular flexibility index (Phi) is 3.48. The topological polar surface area (TPSA) is 43.4 Å². The molecule has 0 bridgehead atoms. The summed E-state index contributed by atoms with van der Waals surface area (Å²) >= 11 is 9.42. The number of nitrogens with one attached hydrogen (secondary N) is 1. The zero-order valence-electron chi connectivity index (χ0n) is 9.82. The smallest absolute Gasteiger partial charge is 0.231 e. The van der Waals surface area contributed by atoms with Crippen molar-refractivity contribution in [2.75, 3.05) is 12.1 Å². The molecule has 1 aromatic heterocycles. The van der Waals surface area contributed by atoms with Crippen LogP contribution in [0.3, 0.4) is 0 Å². The zero-order chi connectivity index (χ0) is 13.2. The van der Waals surface area contributed by atoms with Gasteiger partial charge in [0.2, 0.25) is 6.79 Å². The van der Waals surface area contributed by atoms with E-state index < -0.39 is 0 Å². The number of pyridine rings is 1. The number of fused-ring (bicyclic) bond motifs is 1. The Labute approximate surface area is 123 Å². The molecule has 98 valence electrons. The fraction of sp³-hybridized carbons (Fsp3) is 0.154. The Morgan fingerprint density at radius 3 is 3.11 bits per heavy atom. The molecule has 0 atom stereocenters. The lowest BCUT2D eigenvalue weighted by atomic mass is 10.2. The third-order valence-electron chi connectivity index (χ3n) is 2.73. The second-order valence-corrected chi connectivity index (χ2v) is 5.31. The molecule has 1 aliphatic rings. The van der Waals surface area contributed by atoms with Crippen molar-refractivity contribution in [2.45, 2.75) is 6.54 Å². The Morgan fingerprint density at radius 2 is 2.26 bits per heavy atom. The van der Waals surface area contributed by atoms with Gasteiger partial charge < -0.3 is 14.8 Å². The molecule has 0 spiro atoms. The molecule has 0 saturated heterocycles. The second-order valence-electron chi connectivity index (χ2n) is 3.99. The average molecular weight is 342 g/mol. The summed E-state index contributed by atoms with van der Waals surface area (Å²) in [5, 5.41) is 3.76. The van der Waals surface area contributed by atoms with Gasteiger partial charge in [-0.1, -0.05) is 23.7 Å². The summed E-state index contributed by atoms with van der Waals surface area (Å²) < 4.78 is 11.6. The van der Waals surface area contributed by atoms with E-state index in [1.165, 1.54) is 0 Å². The number of rotatable bonds is 3. The maximum atomic E-state index is 6.10. The monoisotopic (exact) mass is 340 g/mol. The number of anilines is 1. The van der Waals surface area contributed by atoms with Gasteiger partial charge in [-0.15, -0.1) is 0 Å². The molecule has 0 aliphatic carbocycles. The highest BCUT2D eigenvalue weighted by Crippen LogP contribution is 2.35. The van der Waals surface area contributed by atoms with E-state index in [1.807, 2.05) is 18.2 Å². The number of para-hydroxylation sites is 1. The van der Waals surface area contributed by atoms with Crippen molar-refractivity contribution < 1.29 is 9.47 Å². The first kappa shape index (κ1) is 12.6. The van der Waals surface area contributed by atoms with Crippen molar-refractivity contribution in [3.05, 3.63) is 45.5 Å². The Bertz CT molecular complexity index is 622. The fourth-order valence-corrected chi connectivity index (χ4v) is 2.55. The van der Waals surface area contributed by atoms with Gasteiger partial charge >= 0.3 is 0 Å². The molecule has 19 heavy (non-hydrogen) atoms. The third-order valence-corrected chi connectivity index (χ3v) is 3.45. The molecule has 0 radical (unpaired) electrons. The lowest BCUT2D eigenvalue weighted by Crippen LogP contribution is -2.03.